The Morgan fingerprint density at radius 3 is 2.50 bits per heavy atom. The molecule has 0 saturated heterocycles. The molecule has 24 heavy (non-hydrogen) atoms. The second-order valence-electron chi connectivity index (χ2n) is 5.97. The van der Waals surface area contributed by atoms with Crippen LogP contribution in [0, 0.1) is 12.8 Å². The summed E-state index contributed by atoms with van der Waals surface area (Å²) >= 11 is 0. The molecule has 0 aliphatic carbocycles. The number of rotatable bonds is 5. The van der Waals surface area contributed by atoms with Gasteiger partial charge in [-0.05, 0) is 31.4 Å². The zero-order valence-corrected chi connectivity index (χ0v) is 17.3. The largest absolute Gasteiger partial charge is 0.354 e. The Morgan fingerprint density at radius 2 is 2.00 bits per heavy atom. The topological polar surface area (TPSA) is 67.1 Å². The van der Waals surface area contributed by atoms with Gasteiger partial charge in [-0.25, -0.2) is 9.97 Å². The molecular weight excluding hydrogens is 415 g/mol. The van der Waals surface area contributed by atoms with Gasteiger partial charge in [-0.3, -0.25) is 9.56 Å². The highest BCUT2D eigenvalue weighted by Crippen LogP contribution is 2.08. The second kappa shape index (κ2) is 9.61. The molecule has 0 aliphatic heterocycles. The number of nitrogens with zero attached hydrogens (tertiary/aromatic N) is 4. The van der Waals surface area contributed by atoms with E-state index in [0.29, 0.717) is 18.5 Å². The Balaban J connectivity index is 0.00000288. The molecule has 2 N–H and O–H groups in total. The summed E-state index contributed by atoms with van der Waals surface area (Å²) in [7, 11) is 1.78. The van der Waals surface area contributed by atoms with Crippen molar-refractivity contribution in [2.24, 2.45) is 10.9 Å². The number of hydrogen-bond donors (Lipinski definition) is 2. The molecule has 0 bridgehead atoms. The molecule has 1 atom stereocenters. The van der Waals surface area contributed by atoms with E-state index in [1.807, 2.05) is 30.0 Å². The van der Waals surface area contributed by atoms with Crippen LogP contribution in [0.3, 0.4) is 0 Å². The van der Waals surface area contributed by atoms with Gasteiger partial charge in [0.1, 0.15) is 11.6 Å². The lowest BCUT2D eigenvalue weighted by Gasteiger charge is -2.20. The summed E-state index contributed by atoms with van der Waals surface area (Å²) in [6.07, 6.45) is 5.56. The smallest absolute Gasteiger partial charge is 0.191 e. The molecule has 0 aliphatic rings. The van der Waals surface area contributed by atoms with Crippen molar-refractivity contribution in [2.45, 2.75) is 40.3 Å². The Kier molecular flexibility index (Phi) is 8.17. The maximum Gasteiger partial charge on any atom is 0.191 e. The molecule has 2 rings (SSSR count). The van der Waals surface area contributed by atoms with Crippen LogP contribution in [0.1, 0.15) is 32.2 Å². The zero-order chi connectivity index (χ0) is 16.8. The van der Waals surface area contributed by atoms with Crippen molar-refractivity contribution >= 4 is 29.9 Å². The highest BCUT2D eigenvalue weighted by atomic mass is 127. The Morgan fingerprint density at radius 1 is 1.25 bits per heavy atom. The summed E-state index contributed by atoms with van der Waals surface area (Å²) in [4.78, 5) is 13.0. The van der Waals surface area contributed by atoms with Gasteiger partial charge < -0.3 is 10.6 Å². The van der Waals surface area contributed by atoms with Crippen LogP contribution in [-0.2, 0) is 6.54 Å². The number of imidazole rings is 1. The molecule has 0 aromatic carbocycles. The Labute approximate surface area is 161 Å². The predicted molar refractivity (Wildman–Crippen MR) is 109 cm³/mol. The number of aromatic nitrogens is 3. The predicted octanol–water partition coefficient (Wildman–Crippen LogP) is 2.90. The first-order valence-electron chi connectivity index (χ1n) is 7.93. The number of aryl methyl sites for hydroxylation is 1. The Hall–Kier alpha value is -1.64. The highest BCUT2D eigenvalue weighted by molar-refractivity contribution is 14.0. The Bertz CT molecular complexity index is 647. The summed E-state index contributed by atoms with van der Waals surface area (Å²) in [5, 5.41) is 6.70. The molecule has 0 radical (unpaired) electrons. The highest BCUT2D eigenvalue weighted by Gasteiger charge is 2.09. The van der Waals surface area contributed by atoms with Crippen molar-refractivity contribution < 1.29 is 0 Å². The molecule has 2 aromatic rings. The van der Waals surface area contributed by atoms with Crippen LogP contribution in [0.15, 0.2) is 35.7 Å². The monoisotopic (exact) mass is 442 g/mol. The van der Waals surface area contributed by atoms with Gasteiger partial charge >= 0.3 is 0 Å². The summed E-state index contributed by atoms with van der Waals surface area (Å²) in [6, 6.07) is 4.43. The molecule has 1 unspecified atom stereocenters. The van der Waals surface area contributed by atoms with Gasteiger partial charge in [0.25, 0.3) is 0 Å². The minimum absolute atomic E-state index is 0. The van der Waals surface area contributed by atoms with Crippen LogP contribution in [-0.4, -0.2) is 33.6 Å². The van der Waals surface area contributed by atoms with Crippen LogP contribution in [0.25, 0.3) is 5.82 Å². The van der Waals surface area contributed by atoms with E-state index in [2.05, 4.69) is 52.4 Å². The number of pyridine rings is 1. The van der Waals surface area contributed by atoms with Gasteiger partial charge in [-0.2, -0.15) is 0 Å². The van der Waals surface area contributed by atoms with E-state index >= 15 is 0 Å². The third-order valence-corrected chi connectivity index (χ3v) is 3.93. The molecule has 0 saturated carbocycles. The standard InChI is InChI=1S/C17H26N6.HI/c1-12(2)13(3)22-17(18-5)21-11-15-6-7-16(20-10-15)23-9-8-19-14(23)4;/h6-10,12-13H,11H2,1-5H3,(H2,18,21,22);1H. The lowest BCUT2D eigenvalue weighted by atomic mass is 10.1. The molecule has 6 nitrogen and oxygen atoms in total. The van der Waals surface area contributed by atoms with Crippen LogP contribution < -0.4 is 10.6 Å². The first-order valence-corrected chi connectivity index (χ1v) is 7.93. The lowest BCUT2D eigenvalue weighted by Crippen LogP contribution is -2.43. The number of guanidine groups is 1. The quantitative estimate of drug-likeness (QED) is 0.425. The number of aliphatic imine (C=N–C) groups is 1. The van der Waals surface area contributed by atoms with E-state index in [9.17, 15) is 0 Å². The fourth-order valence-electron chi connectivity index (χ4n) is 2.05. The van der Waals surface area contributed by atoms with Gasteiger partial charge in [0.05, 0.1) is 0 Å². The van der Waals surface area contributed by atoms with E-state index in [1.165, 1.54) is 0 Å². The average molecular weight is 442 g/mol. The third kappa shape index (κ3) is 5.47. The molecule has 132 valence electrons. The summed E-state index contributed by atoms with van der Waals surface area (Å²) in [5.74, 6) is 3.16. The summed E-state index contributed by atoms with van der Waals surface area (Å²) in [6.45, 7) is 9.17. The summed E-state index contributed by atoms with van der Waals surface area (Å²) in [5.41, 5.74) is 1.10. The third-order valence-electron chi connectivity index (χ3n) is 3.93. The molecule has 2 aromatic heterocycles. The van der Waals surface area contributed by atoms with E-state index in [1.54, 1.807) is 13.2 Å². The van der Waals surface area contributed by atoms with Gasteiger partial charge in [0, 0.05) is 38.2 Å². The van der Waals surface area contributed by atoms with Crippen molar-refractivity contribution in [3.05, 3.63) is 42.1 Å². The van der Waals surface area contributed by atoms with Crippen LogP contribution in [0.5, 0.6) is 0 Å². The van der Waals surface area contributed by atoms with Gasteiger partial charge in [-0.1, -0.05) is 19.9 Å². The molecular formula is C17H27IN6. The molecule has 0 spiro atoms. The minimum Gasteiger partial charge on any atom is -0.354 e. The van der Waals surface area contributed by atoms with Crippen molar-refractivity contribution in [3.8, 4) is 5.82 Å². The SMILES string of the molecule is CN=C(NCc1ccc(-n2ccnc2C)nc1)NC(C)C(C)C.I. The van der Waals surface area contributed by atoms with Crippen molar-refractivity contribution in [1.29, 1.82) is 0 Å². The van der Waals surface area contributed by atoms with E-state index in [4.69, 9.17) is 0 Å². The van der Waals surface area contributed by atoms with Crippen molar-refractivity contribution in [1.82, 2.24) is 25.2 Å². The van der Waals surface area contributed by atoms with Gasteiger partial charge in [0.15, 0.2) is 5.96 Å². The van der Waals surface area contributed by atoms with Crippen LogP contribution in [0.2, 0.25) is 0 Å². The van der Waals surface area contributed by atoms with Crippen molar-refractivity contribution in [3.63, 3.8) is 0 Å². The number of nitrogens with one attached hydrogen (secondary N) is 2. The van der Waals surface area contributed by atoms with Crippen LogP contribution in [0.4, 0.5) is 0 Å². The normalized spacial score (nSPS) is 12.7. The molecule has 0 fully saturated rings. The number of hydrogen-bond acceptors (Lipinski definition) is 3. The van der Waals surface area contributed by atoms with E-state index in [-0.39, 0.29) is 24.0 Å². The minimum atomic E-state index is 0. The molecule has 0 amide bonds. The van der Waals surface area contributed by atoms with E-state index < -0.39 is 0 Å². The molecule has 2 heterocycles. The second-order valence-corrected chi connectivity index (χ2v) is 5.97. The zero-order valence-electron chi connectivity index (χ0n) is 14.9. The van der Waals surface area contributed by atoms with Gasteiger partial charge in [-0.15, -0.1) is 24.0 Å². The van der Waals surface area contributed by atoms with E-state index in [0.717, 1.165) is 23.2 Å². The fraction of sp³-hybridized carbons (Fsp3) is 0.471. The lowest BCUT2D eigenvalue weighted by molar-refractivity contribution is 0.481. The van der Waals surface area contributed by atoms with Gasteiger partial charge in [0.2, 0.25) is 0 Å². The maximum absolute atomic E-state index is 4.50. The first kappa shape index (κ1) is 20.4. The summed E-state index contributed by atoms with van der Waals surface area (Å²) < 4.78 is 1.96. The molecule has 7 heteroatoms. The number of halogens is 1. The fourth-order valence-corrected chi connectivity index (χ4v) is 2.05. The maximum atomic E-state index is 4.50. The van der Waals surface area contributed by atoms with Crippen molar-refractivity contribution in [2.75, 3.05) is 7.05 Å². The van der Waals surface area contributed by atoms with Crippen LogP contribution >= 0.6 is 24.0 Å². The average Bonchev–Trinajstić information content (AvgIpc) is 2.97. The first-order chi connectivity index (χ1) is 11.0.